The molecule has 3 heteroatoms. The minimum absolute atomic E-state index is 0.163. The standard InChI is InChI=1S/C16H18FNO/c1-11-3-2-4-13(9-11)16(15(19)10-18)12-5-7-14(17)8-6-12/h2-9,15-16,19H,10,18H2,1H3. The van der Waals surface area contributed by atoms with E-state index in [0.717, 1.165) is 16.7 Å². The molecule has 0 fully saturated rings. The molecule has 2 unspecified atom stereocenters. The van der Waals surface area contributed by atoms with Crippen LogP contribution in [0.4, 0.5) is 4.39 Å². The van der Waals surface area contributed by atoms with E-state index in [4.69, 9.17) is 5.73 Å². The molecule has 2 rings (SSSR count). The maximum absolute atomic E-state index is 13.0. The fourth-order valence-electron chi connectivity index (χ4n) is 2.31. The molecular formula is C16H18FNO. The van der Waals surface area contributed by atoms with Gasteiger partial charge in [0.1, 0.15) is 5.82 Å². The van der Waals surface area contributed by atoms with Crippen LogP contribution in [0.1, 0.15) is 22.6 Å². The Balaban J connectivity index is 2.44. The van der Waals surface area contributed by atoms with E-state index in [0.29, 0.717) is 0 Å². The van der Waals surface area contributed by atoms with Gasteiger partial charge in [0, 0.05) is 12.5 Å². The van der Waals surface area contributed by atoms with Gasteiger partial charge in [-0.15, -0.1) is 0 Å². The lowest BCUT2D eigenvalue weighted by molar-refractivity contribution is 0.164. The lowest BCUT2D eigenvalue weighted by atomic mass is 9.86. The Morgan fingerprint density at radius 1 is 1.11 bits per heavy atom. The molecule has 0 aliphatic rings. The first-order chi connectivity index (χ1) is 9.11. The number of aryl methyl sites for hydroxylation is 1. The minimum atomic E-state index is -0.688. The number of hydrogen-bond acceptors (Lipinski definition) is 2. The molecule has 0 aromatic heterocycles. The summed E-state index contributed by atoms with van der Waals surface area (Å²) in [6, 6.07) is 14.1. The van der Waals surface area contributed by atoms with E-state index in [1.54, 1.807) is 12.1 Å². The molecule has 0 bridgehead atoms. The highest BCUT2D eigenvalue weighted by Gasteiger charge is 2.22. The SMILES string of the molecule is Cc1cccc(C(c2ccc(F)cc2)C(O)CN)c1. The Hall–Kier alpha value is -1.71. The molecule has 0 saturated carbocycles. The molecule has 0 spiro atoms. The van der Waals surface area contributed by atoms with Gasteiger partial charge in [-0.3, -0.25) is 0 Å². The van der Waals surface area contributed by atoms with Gasteiger partial charge in [0.2, 0.25) is 0 Å². The van der Waals surface area contributed by atoms with Crippen LogP contribution in [0.2, 0.25) is 0 Å². The second-order valence-corrected chi connectivity index (χ2v) is 4.75. The van der Waals surface area contributed by atoms with E-state index in [1.165, 1.54) is 12.1 Å². The average Bonchev–Trinajstić information content (AvgIpc) is 2.41. The van der Waals surface area contributed by atoms with Crippen molar-refractivity contribution in [3.05, 3.63) is 71.0 Å². The number of aliphatic hydroxyl groups excluding tert-OH is 1. The second kappa shape index (κ2) is 5.95. The average molecular weight is 259 g/mol. The third-order valence-corrected chi connectivity index (χ3v) is 3.26. The van der Waals surface area contributed by atoms with Crippen LogP contribution < -0.4 is 5.73 Å². The molecule has 2 aromatic rings. The Labute approximate surface area is 112 Å². The van der Waals surface area contributed by atoms with E-state index in [2.05, 4.69) is 0 Å². The van der Waals surface area contributed by atoms with Crippen molar-refractivity contribution in [2.24, 2.45) is 5.73 Å². The maximum Gasteiger partial charge on any atom is 0.123 e. The third-order valence-electron chi connectivity index (χ3n) is 3.26. The number of halogens is 1. The maximum atomic E-state index is 13.0. The molecule has 2 nitrogen and oxygen atoms in total. The number of nitrogens with two attached hydrogens (primary N) is 1. The van der Waals surface area contributed by atoms with Gasteiger partial charge in [-0.25, -0.2) is 4.39 Å². The molecule has 0 saturated heterocycles. The normalized spacial score (nSPS) is 14.1. The molecule has 100 valence electrons. The van der Waals surface area contributed by atoms with Crippen LogP contribution in [0.25, 0.3) is 0 Å². The molecule has 0 amide bonds. The first kappa shape index (κ1) is 13.7. The van der Waals surface area contributed by atoms with Gasteiger partial charge in [0.25, 0.3) is 0 Å². The summed E-state index contributed by atoms with van der Waals surface area (Å²) in [6.07, 6.45) is -0.688. The monoisotopic (exact) mass is 259 g/mol. The number of rotatable bonds is 4. The second-order valence-electron chi connectivity index (χ2n) is 4.75. The zero-order valence-electron chi connectivity index (χ0n) is 10.9. The molecule has 2 aromatic carbocycles. The number of benzene rings is 2. The Morgan fingerprint density at radius 3 is 2.37 bits per heavy atom. The van der Waals surface area contributed by atoms with Gasteiger partial charge < -0.3 is 10.8 Å². The summed E-state index contributed by atoms with van der Waals surface area (Å²) < 4.78 is 13.0. The molecule has 0 heterocycles. The highest BCUT2D eigenvalue weighted by molar-refractivity contribution is 5.36. The lowest BCUT2D eigenvalue weighted by Gasteiger charge is -2.23. The summed E-state index contributed by atoms with van der Waals surface area (Å²) in [7, 11) is 0. The van der Waals surface area contributed by atoms with E-state index >= 15 is 0 Å². The molecule has 19 heavy (non-hydrogen) atoms. The Morgan fingerprint density at radius 2 is 1.79 bits per heavy atom. The minimum Gasteiger partial charge on any atom is -0.391 e. The van der Waals surface area contributed by atoms with Crippen LogP contribution >= 0.6 is 0 Å². The first-order valence-electron chi connectivity index (χ1n) is 6.32. The van der Waals surface area contributed by atoms with Gasteiger partial charge in [-0.2, -0.15) is 0 Å². The van der Waals surface area contributed by atoms with Crippen LogP contribution in [-0.4, -0.2) is 17.8 Å². The van der Waals surface area contributed by atoms with Gasteiger partial charge >= 0.3 is 0 Å². The summed E-state index contributed by atoms with van der Waals surface area (Å²) in [5.41, 5.74) is 8.57. The van der Waals surface area contributed by atoms with Crippen LogP contribution in [0.3, 0.4) is 0 Å². The van der Waals surface area contributed by atoms with Crippen molar-refractivity contribution >= 4 is 0 Å². The van der Waals surface area contributed by atoms with Gasteiger partial charge in [-0.1, -0.05) is 42.0 Å². The van der Waals surface area contributed by atoms with Gasteiger partial charge in [0.15, 0.2) is 0 Å². The zero-order valence-corrected chi connectivity index (χ0v) is 10.9. The van der Waals surface area contributed by atoms with E-state index in [1.807, 2.05) is 31.2 Å². The van der Waals surface area contributed by atoms with Crippen LogP contribution in [0.5, 0.6) is 0 Å². The van der Waals surface area contributed by atoms with Crippen LogP contribution in [0, 0.1) is 12.7 Å². The molecule has 3 N–H and O–H groups in total. The number of aliphatic hydroxyl groups is 1. The molecule has 0 radical (unpaired) electrons. The largest absolute Gasteiger partial charge is 0.391 e. The fraction of sp³-hybridized carbons (Fsp3) is 0.250. The van der Waals surface area contributed by atoms with E-state index in [-0.39, 0.29) is 18.3 Å². The van der Waals surface area contributed by atoms with Crippen molar-refractivity contribution in [1.82, 2.24) is 0 Å². The third kappa shape index (κ3) is 3.19. The van der Waals surface area contributed by atoms with E-state index < -0.39 is 6.10 Å². The van der Waals surface area contributed by atoms with Gasteiger partial charge in [-0.05, 0) is 30.2 Å². The smallest absolute Gasteiger partial charge is 0.123 e. The van der Waals surface area contributed by atoms with Crippen molar-refractivity contribution in [3.63, 3.8) is 0 Å². The van der Waals surface area contributed by atoms with Crippen molar-refractivity contribution < 1.29 is 9.50 Å². The van der Waals surface area contributed by atoms with Crippen molar-refractivity contribution in [2.45, 2.75) is 18.9 Å². The van der Waals surface area contributed by atoms with Crippen molar-refractivity contribution in [3.8, 4) is 0 Å². The lowest BCUT2D eigenvalue weighted by Crippen LogP contribution is -2.28. The fourth-order valence-corrected chi connectivity index (χ4v) is 2.31. The molecule has 0 aliphatic carbocycles. The Kier molecular flexibility index (Phi) is 4.30. The quantitative estimate of drug-likeness (QED) is 0.886. The van der Waals surface area contributed by atoms with Crippen molar-refractivity contribution in [2.75, 3.05) is 6.54 Å². The topological polar surface area (TPSA) is 46.2 Å². The predicted octanol–water partition coefficient (Wildman–Crippen LogP) is 2.59. The zero-order chi connectivity index (χ0) is 13.8. The van der Waals surface area contributed by atoms with Crippen LogP contribution in [-0.2, 0) is 0 Å². The molecular weight excluding hydrogens is 241 g/mol. The van der Waals surface area contributed by atoms with E-state index in [9.17, 15) is 9.50 Å². The summed E-state index contributed by atoms with van der Waals surface area (Å²) in [5.74, 6) is -0.514. The summed E-state index contributed by atoms with van der Waals surface area (Å²) in [5, 5.41) is 10.2. The highest BCUT2D eigenvalue weighted by atomic mass is 19.1. The van der Waals surface area contributed by atoms with Gasteiger partial charge in [0.05, 0.1) is 6.10 Å². The van der Waals surface area contributed by atoms with Crippen LogP contribution in [0.15, 0.2) is 48.5 Å². The Bertz CT molecular complexity index is 539. The summed E-state index contributed by atoms with van der Waals surface area (Å²) in [4.78, 5) is 0. The summed E-state index contributed by atoms with van der Waals surface area (Å²) >= 11 is 0. The predicted molar refractivity (Wildman–Crippen MR) is 74.5 cm³/mol. The van der Waals surface area contributed by atoms with Crippen molar-refractivity contribution in [1.29, 1.82) is 0 Å². The summed E-state index contributed by atoms with van der Waals surface area (Å²) in [6.45, 7) is 2.16. The first-order valence-corrected chi connectivity index (χ1v) is 6.32. The molecule has 0 aliphatic heterocycles. The number of hydrogen-bond donors (Lipinski definition) is 2. The highest BCUT2D eigenvalue weighted by Crippen LogP contribution is 2.28. The molecule has 2 atom stereocenters.